The van der Waals surface area contributed by atoms with Crippen LogP contribution in [0.15, 0.2) is 12.2 Å². The Balaban J connectivity index is 2.14. The summed E-state index contributed by atoms with van der Waals surface area (Å²) in [4.78, 5) is 0. The van der Waals surface area contributed by atoms with Crippen molar-refractivity contribution >= 4 is 0 Å². The van der Waals surface area contributed by atoms with E-state index in [-0.39, 0.29) is 17.1 Å². The minimum absolute atomic E-state index is 0.0183. The first-order valence-electron chi connectivity index (χ1n) is 6.82. The second kappa shape index (κ2) is 4.10. The molecular weight excluding hydrogens is 212 g/mol. The highest BCUT2D eigenvalue weighted by Gasteiger charge is 2.52. The van der Waals surface area contributed by atoms with E-state index in [1.54, 1.807) is 0 Å². The molecule has 0 aromatic rings. The average Bonchev–Trinajstić information content (AvgIpc) is 2.63. The van der Waals surface area contributed by atoms with Crippen LogP contribution >= 0.6 is 0 Å². The molecule has 1 aliphatic carbocycles. The molecule has 17 heavy (non-hydrogen) atoms. The number of hydrogen-bond donors (Lipinski definition) is 1. The van der Waals surface area contributed by atoms with Crippen LogP contribution in [-0.2, 0) is 4.74 Å². The number of hydrogen-bond acceptors (Lipinski definition) is 2. The Morgan fingerprint density at radius 1 is 1.24 bits per heavy atom. The molecule has 1 saturated heterocycles. The smallest absolute Gasteiger partial charge is 0.0865 e. The maximum atomic E-state index is 10.1. The fourth-order valence-corrected chi connectivity index (χ4v) is 3.23. The van der Waals surface area contributed by atoms with Crippen molar-refractivity contribution in [3.63, 3.8) is 0 Å². The summed E-state index contributed by atoms with van der Waals surface area (Å²) in [5.41, 5.74) is -0.581. The lowest BCUT2D eigenvalue weighted by molar-refractivity contribution is -0.160. The zero-order valence-corrected chi connectivity index (χ0v) is 11.6. The maximum Gasteiger partial charge on any atom is 0.0865 e. The van der Waals surface area contributed by atoms with Crippen molar-refractivity contribution in [1.29, 1.82) is 0 Å². The van der Waals surface area contributed by atoms with Crippen LogP contribution in [0.1, 0.15) is 59.8 Å². The second-order valence-corrected chi connectivity index (χ2v) is 6.80. The van der Waals surface area contributed by atoms with Gasteiger partial charge < -0.3 is 9.84 Å². The molecule has 0 saturated carbocycles. The molecule has 1 aliphatic heterocycles. The fourth-order valence-electron chi connectivity index (χ4n) is 3.23. The zero-order chi connectivity index (χ0) is 12.7. The van der Waals surface area contributed by atoms with E-state index in [2.05, 4.69) is 26.0 Å². The summed E-state index contributed by atoms with van der Waals surface area (Å²) in [6, 6.07) is 0. The van der Waals surface area contributed by atoms with Gasteiger partial charge in [-0.05, 0) is 52.9 Å². The highest BCUT2D eigenvalue weighted by molar-refractivity contribution is 5.07. The Morgan fingerprint density at radius 2 is 1.94 bits per heavy atom. The van der Waals surface area contributed by atoms with Crippen molar-refractivity contribution in [2.75, 3.05) is 0 Å². The van der Waals surface area contributed by atoms with Gasteiger partial charge in [0.2, 0.25) is 0 Å². The van der Waals surface area contributed by atoms with Gasteiger partial charge in [-0.3, -0.25) is 0 Å². The highest BCUT2D eigenvalue weighted by atomic mass is 16.5. The molecule has 98 valence electrons. The van der Waals surface area contributed by atoms with Gasteiger partial charge in [0.25, 0.3) is 0 Å². The lowest BCUT2D eigenvalue weighted by Crippen LogP contribution is -2.47. The van der Waals surface area contributed by atoms with E-state index in [1.807, 2.05) is 13.8 Å². The Kier molecular flexibility index (Phi) is 3.16. The van der Waals surface area contributed by atoms with E-state index in [1.165, 1.54) is 6.42 Å². The number of aliphatic hydroxyl groups is 1. The van der Waals surface area contributed by atoms with Crippen LogP contribution in [0.5, 0.6) is 0 Å². The van der Waals surface area contributed by atoms with Crippen molar-refractivity contribution < 1.29 is 9.84 Å². The van der Waals surface area contributed by atoms with Crippen LogP contribution in [0.4, 0.5) is 0 Å². The van der Waals surface area contributed by atoms with E-state index in [4.69, 9.17) is 4.74 Å². The number of allylic oxidation sites excluding steroid dienone is 2. The SMILES string of the molecule is CC(C)(O)C1CCC(C)(C2(C)CC=CCC2)O1. The van der Waals surface area contributed by atoms with Gasteiger partial charge in [-0.25, -0.2) is 0 Å². The van der Waals surface area contributed by atoms with E-state index < -0.39 is 5.60 Å². The van der Waals surface area contributed by atoms with Gasteiger partial charge in [0.05, 0.1) is 17.3 Å². The van der Waals surface area contributed by atoms with E-state index in [0.717, 1.165) is 25.7 Å². The number of ether oxygens (including phenoxy) is 1. The molecule has 0 aromatic carbocycles. The van der Waals surface area contributed by atoms with Gasteiger partial charge in [-0.15, -0.1) is 0 Å². The molecule has 3 unspecified atom stereocenters. The molecule has 0 radical (unpaired) electrons. The van der Waals surface area contributed by atoms with Gasteiger partial charge in [-0.2, -0.15) is 0 Å². The van der Waals surface area contributed by atoms with Crippen molar-refractivity contribution in [1.82, 2.24) is 0 Å². The second-order valence-electron chi connectivity index (χ2n) is 6.80. The van der Waals surface area contributed by atoms with Crippen molar-refractivity contribution in [2.24, 2.45) is 5.41 Å². The molecule has 2 rings (SSSR count). The molecule has 2 heteroatoms. The third-order valence-corrected chi connectivity index (χ3v) is 4.95. The quantitative estimate of drug-likeness (QED) is 0.747. The predicted octanol–water partition coefficient (Wildman–Crippen LogP) is 3.44. The van der Waals surface area contributed by atoms with Crippen LogP contribution in [0, 0.1) is 5.41 Å². The lowest BCUT2D eigenvalue weighted by Gasteiger charge is -2.45. The minimum atomic E-state index is -0.724. The third kappa shape index (κ3) is 2.30. The summed E-state index contributed by atoms with van der Waals surface area (Å²) < 4.78 is 6.27. The van der Waals surface area contributed by atoms with Crippen molar-refractivity contribution in [3.05, 3.63) is 12.2 Å². The molecule has 1 heterocycles. The monoisotopic (exact) mass is 238 g/mol. The minimum Gasteiger partial charge on any atom is -0.388 e. The van der Waals surface area contributed by atoms with Gasteiger partial charge in [-0.1, -0.05) is 19.1 Å². The van der Waals surface area contributed by atoms with Crippen LogP contribution in [-0.4, -0.2) is 22.4 Å². The van der Waals surface area contributed by atoms with E-state index >= 15 is 0 Å². The molecule has 0 amide bonds. The van der Waals surface area contributed by atoms with E-state index in [9.17, 15) is 5.11 Å². The fraction of sp³-hybridized carbons (Fsp3) is 0.867. The molecule has 3 atom stereocenters. The standard InChI is InChI=1S/C15H26O2/c1-13(2,16)12-8-11-15(4,17-12)14(3)9-6-5-7-10-14/h5-6,12,16H,7-11H2,1-4H3. The third-order valence-electron chi connectivity index (χ3n) is 4.95. The Hall–Kier alpha value is -0.340. The highest BCUT2D eigenvalue weighted by Crippen LogP contribution is 2.51. The van der Waals surface area contributed by atoms with Crippen LogP contribution in [0.3, 0.4) is 0 Å². The summed E-state index contributed by atoms with van der Waals surface area (Å²) in [5, 5.41) is 10.1. The van der Waals surface area contributed by atoms with Crippen molar-refractivity contribution in [3.8, 4) is 0 Å². The van der Waals surface area contributed by atoms with Gasteiger partial charge >= 0.3 is 0 Å². The normalized spacial score (nSPS) is 43.0. The molecule has 0 spiro atoms. The topological polar surface area (TPSA) is 29.5 Å². The first kappa shape index (κ1) is 13.1. The average molecular weight is 238 g/mol. The molecule has 0 bridgehead atoms. The first-order chi connectivity index (χ1) is 7.77. The van der Waals surface area contributed by atoms with Crippen LogP contribution < -0.4 is 0 Å². The summed E-state index contributed by atoms with van der Waals surface area (Å²) in [6.07, 6.45) is 10.0. The molecule has 1 N–H and O–H groups in total. The van der Waals surface area contributed by atoms with Gasteiger partial charge in [0.15, 0.2) is 0 Å². The first-order valence-corrected chi connectivity index (χ1v) is 6.82. The van der Waals surface area contributed by atoms with Crippen LogP contribution in [0.25, 0.3) is 0 Å². The lowest BCUT2D eigenvalue weighted by atomic mass is 9.66. The molecular formula is C15H26O2. The summed E-state index contributed by atoms with van der Waals surface area (Å²) in [7, 11) is 0. The molecule has 1 fully saturated rings. The van der Waals surface area contributed by atoms with Crippen molar-refractivity contribution in [2.45, 2.75) is 77.1 Å². The summed E-state index contributed by atoms with van der Waals surface area (Å²) in [5.74, 6) is 0. The van der Waals surface area contributed by atoms with Crippen LogP contribution in [0.2, 0.25) is 0 Å². The number of rotatable bonds is 2. The van der Waals surface area contributed by atoms with Gasteiger partial charge in [0.1, 0.15) is 0 Å². The van der Waals surface area contributed by atoms with Gasteiger partial charge in [0, 0.05) is 5.41 Å². The Bertz CT molecular complexity index is 315. The molecule has 2 nitrogen and oxygen atoms in total. The largest absolute Gasteiger partial charge is 0.388 e. The maximum absolute atomic E-state index is 10.1. The summed E-state index contributed by atoms with van der Waals surface area (Å²) >= 11 is 0. The Morgan fingerprint density at radius 3 is 2.41 bits per heavy atom. The molecule has 2 aliphatic rings. The molecule has 0 aromatic heterocycles. The van der Waals surface area contributed by atoms with E-state index in [0.29, 0.717) is 0 Å². The Labute approximate surface area is 105 Å². The predicted molar refractivity (Wildman–Crippen MR) is 69.9 cm³/mol. The summed E-state index contributed by atoms with van der Waals surface area (Å²) in [6.45, 7) is 8.28. The zero-order valence-electron chi connectivity index (χ0n) is 11.6.